The lowest BCUT2D eigenvalue weighted by Gasteiger charge is -2.17. The molecule has 2 aromatic rings. The molecule has 0 aliphatic carbocycles. The first kappa shape index (κ1) is 14.7. The van der Waals surface area contributed by atoms with Gasteiger partial charge in [0.1, 0.15) is 5.82 Å². The smallest absolute Gasteiger partial charge is 0.258 e. The van der Waals surface area contributed by atoms with Crippen LogP contribution in [0, 0.1) is 6.92 Å². The van der Waals surface area contributed by atoms with E-state index >= 15 is 0 Å². The van der Waals surface area contributed by atoms with Crippen molar-refractivity contribution < 1.29 is 5.11 Å². The quantitative estimate of drug-likeness (QED) is 0.866. The topological polar surface area (TPSA) is 69.2 Å². The first-order valence-corrected chi connectivity index (χ1v) is 6.82. The Balaban J connectivity index is 2.23. The zero-order valence-electron chi connectivity index (χ0n) is 12.2. The summed E-state index contributed by atoms with van der Waals surface area (Å²) < 4.78 is 0. The predicted octanol–water partition coefficient (Wildman–Crippen LogP) is 1.43. The van der Waals surface area contributed by atoms with Crippen LogP contribution in [-0.2, 0) is 6.54 Å². The van der Waals surface area contributed by atoms with Crippen LogP contribution in [0.25, 0.3) is 10.9 Å². The molecule has 2 rings (SSSR count). The van der Waals surface area contributed by atoms with E-state index in [0.717, 1.165) is 17.6 Å². The van der Waals surface area contributed by atoms with E-state index in [1.54, 1.807) is 13.0 Å². The van der Waals surface area contributed by atoms with Crippen LogP contribution < -0.4 is 5.56 Å². The highest BCUT2D eigenvalue weighted by Crippen LogP contribution is 2.12. The van der Waals surface area contributed by atoms with Gasteiger partial charge >= 0.3 is 0 Å². The summed E-state index contributed by atoms with van der Waals surface area (Å²) in [5.74, 6) is 0.657. The molecule has 0 amide bonds. The maximum Gasteiger partial charge on any atom is 0.258 e. The Morgan fingerprint density at radius 3 is 2.90 bits per heavy atom. The number of aliphatic hydroxyl groups excluding tert-OH is 1. The van der Waals surface area contributed by atoms with Gasteiger partial charge in [-0.3, -0.25) is 9.69 Å². The minimum Gasteiger partial charge on any atom is -0.393 e. The molecule has 0 fully saturated rings. The van der Waals surface area contributed by atoms with Crippen LogP contribution in [0.15, 0.2) is 23.0 Å². The van der Waals surface area contributed by atoms with Gasteiger partial charge in [-0.15, -0.1) is 0 Å². The van der Waals surface area contributed by atoms with E-state index < -0.39 is 0 Å². The summed E-state index contributed by atoms with van der Waals surface area (Å²) in [5, 5.41) is 9.91. The average molecular weight is 275 g/mol. The monoisotopic (exact) mass is 275 g/mol. The van der Waals surface area contributed by atoms with Gasteiger partial charge in [-0.25, -0.2) is 4.98 Å². The number of aliphatic hydroxyl groups is 1. The summed E-state index contributed by atoms with van der Waals surface area (Å²) in [4.78, 5) is 21.5. The highest BCUT2D eigenvalue weighted by Gasteiger charge is 2.08. The third kappa shape index (κ3) is 3.43. The second kappa shape index (κ2) is 6.15. The van der Waals surface area contributed by atoms with Gasteiger partial charge in [0, 0.05) is 6.54 Å². The summed E-state index contributed by atoms with van der Waals surface area (Å²) in [5.41, 5.74) is 1.66. The number of aromatic nitrogens is 2. The van der Waals surface area contributed by atoms with Crippen LogP contribution in [-0.4, -0.2) is 39.7 Å². The Kier molecular flexibility index (Phi) is 4.52. The van der Waals surface area contributed by atoms with E-state index in [2.05, 4.69) is 9.97 Å². The van der Waals surface area contributed by atoms with Crippen molar-refractivity contribution in [3.8, 4) is 0 Å². The fourth-order valence-corrected chi connectivity index (χ4v) is 2.17. The third-order valence-electron chi connectivity index (χ3n) is 3.34. The molecule has 5 heteroatoms. The Labute approximate surface area is 118 Å². The van der Waals surface area contributed by atoms with Gasteiger partial charge in [0.15, 0.2) is 0 Å². The lowest BCUT2D eigenvalue weighted by atomic mass is 10.1. The molecule has 0 radical (unpaired) electrons. The van der Waals surface area contributed by atoms with Gasteiger partial charge in [0.05, 0.1) is 23.6 Å². The number of H-pyrrole nitrogens is 1. The number of aryl methyl sites for hydroxylation is 1. The van der Waals surface area contributed by atoms with Crippen molar-refractivity contribution in [2.24, 2.45) is 0 Å². The van der Waals surface area contributed by atoms with Crippen molar-refractivity contribution >= 4 is 10.9 Å². The number of rotatable bonds is 5. The van der Waals surface area contributed by atoms with Crippen LogP contribution in [0.1, 0.15) is 24.7 Å². The SMILES string of the molecule is Cc1cccc2c(=O)[nH]c(CN(C)CCC(C)O)nc12. The molecule has 0 saturated carbocycles. The molecule has 0 spiro atoms. The fourth-order valence-electron chi connectivity index (χ4n) is 2.17. The lowest BCUT2D eigenvalue weighted by Crippen LogP contribution is -2.25. The predicted molar refractivity (Wildman–Crippen MR) is 79.7 cm³/mol. The van der Waals surface area contributed by atoms with Crippen LogP contribution in [0.3, 0.4) is 0 Å². The van der Waals surface area contributed by atoms with Crippen LogP contribution >= 0.6 is 0 Å². The standard InChI is InChI=1S/C15H21N3O2/c1-10-5-4-6-12-14(10)16-13(17-15(12)20)9-18(3)8-7-11(2)19/h4-6,11,19H,7-9H2,1-3H3,(H,16,17,20). The van der Waals surface area contributed by atoms with Gasteiger partial charge in [-0.2, -0.15) is 0 Å². The molecule has 0 aliphatic heterocycles. The van der Waals surface area contributed by atoms with Gasteiger partial charge in [0.25, 0.3) is 5.56 Å². The molecule has 5 nitrogen and oxygen atoms in total. The van der Waals surface area contributed by atoms with Gasteiger partial charge in [-0.05, 0) is 38.9 Å². The van der Waals surface area contributed by atoms with Crippen molar-refractivity contribution in [2.45, 2.75) is 32.9 Å². The summed E-state index contributed by atoms with van der Waals surface area (Å²) >= 11 is 0. The van der Waals surface area contributed by atoms with Gasteiger partial charge < -0.3 is 10.1 Å². The molecule has 0 saturated heterocycles. The second-order valence-electron chi connectivity index (χ2n) is 5.36. The van der Waals surface area contributed by atoms with Gasteiger partial charge in [0.2, 0.25) is 0 Å². The molecule has 1 aromatic heterocycles. The van der Waals surface area contributed by atoms with E-state index in [0.29, 0.717) is 24.2 Å². The first-order chi connectivity index (χ1) is 9.47. The minimum absolute atomic E-state index is 0.0994. The van der Waals surface area contributed by atoms with Crippen LogP contribution in [0.4, 0.5) is 0 Å². The van der Waals surface area contributed by atoms with E-state index in [-0.39, 0.29) is 11.7 Å². The number of nitrogens with zero attached hydrogens (tertiary/aromatic N) is 2. The first-order valence-electron chi connectivity index (χ1n) is 6.82. The third-order valence-corrected chi connectivity index (χ3v) is 3.34. The normalized spacial score (nSPS) is 13.1. The molecule has 2 N–H and O–H groups in total. The van der Waals surface area contributed by atoms with Crippen molar-refractivity contribution in [1.29, 1.82) is 0 Å². The van der Waals surface area contributed by atoms with Crippen LogP contribution in [0.2, 0.25) is 0 Å². The Bertz CT molecular complexity index is 649. The summed E-state index contributed by atoms with van der Waals surface area (Å²) in [6.07, 6.45) is 0.385. The molecule has 1 aromatic carbocycles. The van der Waals surface area contributed by atoms with Crippen molar-refractivity contribution in [3.05, 3.63) is 39.9 Å². The van der Waals surface area contributed by atoms with E-state index in [1.807, 2.05) is 31.0 Å². The lowest BCUT2D eigenvalue weighted by molar-refractivity contribution is 0.162. The molecule has 1 atom stereocenters. The maximum atomic E-state index is 12.0. The molecule has 108 valence electrons. The Hall–Kier alpha value is -1.72. The minimum atomic E-state index is -0.316. The number of para-hydroxylation sites is 1. The second-order valence-corrected chi connectivity index (χ2v) is 5.36. The molecule has 1 heterocycles. The molecular formula is C15H21N3O2. The zero-order valence-corrected chi connectivity index (χ0v) is 12.2. The highest BCUT2D eigenvalue weighted by molar-refractivity contribution is 5.80. The average Bonchev–Trinajstić information content (AvgIpc) is 2.38. The molecule has 0 bridgehead atoms. The molecule has 1 unspecified atom stereocenters. The van der Waals surface area contributed by atoms with Crippen molar-refractivity contribution in [1.82, 2.24) is 14.9 Å². The van der Waals surface area contributed by atoms with E-state index in [9.17, 15) is 9.90 Å². The number of fused-ring (bicyclic) bond motifs is 1. The Morgan fingerprint density at radius 2 is 2.20 bits per heavy atom. The Morgan fingerprint density at radius 1 is 1.45 bits per heavy atom. The number of aromatic amines is 1. The number of hydrogen-bond donors (Lipinski definition) is 2. The molecular weight excluding hydrogens is 254 g/mol. The summed E-state index contributed by atoms with van der Waals surface area (Å²) in [7, 11) is 1.95. The molecule has 20 heavy (non-hydrogen) atoms. The maximum absolute atomic E-state index is 12.0. The highest BCUT2D eigenvalue weighted by atomic mass is 16.3. The largest absolute Gasteiger partial charge is 0.393 e. The van der Waals surface area contributed by atoms with Gasteiger partial charge in [-0.1, -0.05) is 12.1 Å². The van der Waals surface area contributed by atoms with E-state index in [4.69, 9.17) is 0 Å². The number of nitrogens with one attached hydrogen (secondary N) is 1. The number of benzene rings is 1. The van der Waals surface area contributed by atoms with Crippen LogP contribution in [0.5, 0.6) is 0 Å². The molecule has 0 aliphatic rings. The zero-order chi connectivity index (χ0) is 14.7. The number of hydrogen-bond acceptors (Lipinski definition) is 4. The van der Waals surface area contributed by atoms with E-state index in [1.165, 1.54) is 0 Å². The summed E-state index contributed by atoms with van der Waals surface area (Å²) in [6, 6.07) is 5.60. The summed E-state index contributed by atoms with van der Waals surface area (Å²) in [6.45, 7) is 5.04. The van der Waals surface area contributed by atoms with Crippen molar-refractivity contribution in [3.63, 3.8) is 0 Å². The fraction of sp³-hybridized carbons (Fsp3) is 0.467. The van der Waals surface area contributed by atoms with Crippen molar-refractivity contribution in [2.75, 3.05) is 13.6 Å².